The summed E-state index contributed by atoms with van der Waals surface area (Å²) in [6, 6.07) is 4.15. The molecule has 0 aliphatic carbocycles. The maximum absolute atomic E-state index is 13.0. The molecule has 1 amide bonds. The van der Waals surface area contributed by atoms with Crippen LogP contribution in [0.3, 0.4) is 0 Å². The lowest BCUT2D eigenvalue weighted by Crippen LogP contribution is -2.50. The third-order valence-corrected chi connectivity index (χ3v) is 6.47. The van der Waals surface area contributed by atoms with E-state index in [1.54, 1.807) is 0 Å². The summed E-state index contributed by atoms with van der Waals surface area (Å²) in [6.07, 6.45) is 1.42. The number of likely N-dealkylation sites (N-methyl/N-ethyl adjacent to an activating group) is 1. The molecular formula is C16H19N3O4S. The van der Waals surface area contributed by atoms with Gasteiger partial charge >= 0.3 is 0 Å². The van der Waals surface area contributed by atoms with Crippen LogP contribution in [0.25, 0.3) is 0 Å². The molecule has 0 spiro atoms. The van der Waals surface area contributed by atoms with Gasteiger partial charge in [0.25, 0.3) is 11.7 Å². The molecule has 8 heteroatoms. The molecule has 0 radical (unpaired) electrons. The molecule has 24 heavy (non-hydrogen) atoms. The van der Waals surface area contributed by atoms with Gasteiger partial charge in [0.15, 0.2) is 9.84 Å². The molecular weight excluding hydrogens is 330 g/mol. The number of anilines is 1. The smallest absolute Gasteiger partial charge is 0.296 e. The van der Waals surface area contributed by atoms with E-state index in [1.165, 1.54) is 24.3 Å². The SMILES string of the molecule is C=CC(N1CCN(C)CC1)S(=O)(=O)c1ccc2c(c1)C(=O)C(=O)N2. The lowest BCUT2D eigenvalue weighted by atomic mass is 10.1. The summed E-state index contributed by atoms with van der Waals surface area (Å²) in [7, 11) is -1.74. The zero-order valence-corrected chi connectivity index (χ0v) is 14.2. The lowest BCUT2D eigenvalue weighted by Gasteiger charge is -2.36. The quantitative estimate of drug-likeness (QED) is 0.624. The molecule has 7 nitrogen and oxygen atoms in total. The predicted molar refractivity (Wildman–Crippen MR) is 89.6 cm³/mol. The first-order valence-electron chi connectivity index (χ1n) is 7.63. The Kier molecular flexibility index (Phi) is 4.29. The number of hydrogen-bond donors (Lipinski definition) is 1. The third-order valence-electron chi connectivity index (χ3n) is 4.44. The number of ketones is 1. The number of Topliss-reactive ketones (excluding diaryl/α,β-unsaturated/α-hetero) is 1. The van der Waals surface area contributed by atoms with E-state index >= 15 is 0 Å². The standard InChI is InChI=1S/C16H19N3O4S/c1-3-14(19-8-6-18(2)7-9-19)24(22,23)11-4-5-13-12(10-11)15(20)16(21)17-13/h3-5,10,14H,1,6-9H2,2H3,(H,17,20,21). The van der Waals surface area contributed by atoms with E-state index in [0.717, 1.165) is 13.1 Å². The summed E-state index contributed by atoms with van der Waals surface area (Å²) in [5.41, 5.74) is 0.445. The lowest BCUT2D eigenvalue weighted by molar-refractivity contribution is -0.112. The summed E-state index contributed by atoms with van der Waals surface area (Å²) >= 11 is 0. The second-order valence-corrected chi connectivity index (χ2v) is 8.05. The first-order chi connectivity index (χ1) is 11.3. The van der Waals surface area contributed by atoms with Crippen molar-refractivity contribution in [3.63, 3.8) is 0 Å². The van der Waals surface area contributed by atoms with Crippen LogP contribution in [-0.4, -0.2) is 68.5 Å². The zero-order valence-electron chi connectivity index (χ0n) is 13.4. The molecule has 1 aromatic carbocycles. The average molecular weight is 349 g/mol. The number of amides is 1. The van der Waals surface area contributed by atoms with Gasteiger partial charge in [-0.2, -0.15) is 0 Å². The fourth-order valence-electron chi connectivity index (χ4n) is 2.99. The van der Waals surface area contributed by atoms with Crippen LogP contribution in [0.15, 0.2) is 35.7 Å². The number of nitrogens with one attached hydrogen (secondary N) is 1. The minimum atomic E-state index is -3.73. The van der Waals surface area contributed by atoms with Crippen molar-refractivity contribution in [3.05, 3.63) is 36.4 Å². The highest BCUT2D eigenvalue weighted by Gasteiger charge is 2.35. The van der Waals surface area contributed by atoms with Gasteiger partial charge in [-0.05, 0) is 25.2 Å². The molecule has 0 bridgehead atoms. The van der Waals surface area contributed by atoms with Crippen molar-refractivity contribution in [1.82, 2.24) is 9.80 Å². The molecule has 2 heterocycles. The monoisotopic (exact) mass is 349 g/mol. The van der Waals surface area contributed by atoms with Crippen LogP contribution < -0.4 is 5.32 Å². The van der Waals surface area contributed by atoms with Crippen molar-refractivity contribution in [1.29, 1.82) is 0 Å². The number of sulfone groups is 1. The minimum absolute atomic E-state index is 0.0231. The molecule has 3 rings (SSSR count). The number of nitrogens with zero attached hydrogens (tertiary/aromatic N) is 2. The highest BCUT2D eigenvalue weighted by Crippen LogP contribution is 2.28. The normalized spacial score (nSPS) is 20.5. The Labute approximate surface area is 140 Å². The van der Waals surface area contributed by atoms with E-state index < -0.39 is 26.9 Å². The maximum atomic E-state index is 13.0. The van der Waals surface area contributed by atoms with Crippen LogP contribution in [0.1, 0.15) is 10.4 Å². The largest absolute Gasteiger partial charge is 0.318 e. The second-order valence-electron chi connectivity index (χ2n) is 6.00. The molecule has 1 aromatic rings. The maximum Gasteiger partial charge on any atom is 0.296 e. The van der Waals surface area contributed by atoms with E-state index in [0.29, 0.717) is 18.8 Å². The predicted octanol–water partition coefficient (Wildman–Crippen LogP) is 0.355. The van der Waals surface area contributed by atoms with Crippen molar-refractivity contribution in [2.24, 2.45) is 0 Å². The van der Waals surface area contributed by atoms with E-state index in [4.69, 9.17) is 0 Å². The molecule has 1 atom stereocenters. The number of carbonyl (C=O) groups is 2. The molecule has 128 valence electrons. The van der Waals surface area contributed by atoms with E-state index in [1.807, 2.05) is 11.9 Å². The van der Waals surface area contributed by atoms with Crippen LogP contribution >= 0.6 is 0 Å². The summed E-state index contributed by atoms with van der Waals surface area (Å²) < 4.78 is 26.0. The Morgan fingerprint density at radius 3 is 2.50 bits per heavy atom. The molecule has 1 saturated heterocycles. The molecule has 1 unspecified atom stereocenters. The van der Waals surface area contributed by atoms with E-state index in [9.17, 15) is 18.0 Å². The number of benzene rings is 1. The van der Waals surface area contributed by atoms with Gasteiger partial charge < -0.3 is 10.2 Å². The minimum Gasteiger partial charge on any atom is -0.318 e. The van der Waals surface area contributed by atoms with Gasteiger partial charge in [-0.25, -0.2) is 8.42 Å². The van der Waals surface area contributed by atoms with Gasteiger partial charge in [-0.1, -0.05) is 6.08 Å². The van der Waals surface area contributed by atoms with Crippen LogP contribution in [0.5, 0.6) is 0 Å². The van der Waals surface area contributed by atoms with Crippen molar-refractivity contribution in [2.45, 2.75) is 10.3 Å². The molecule has 0 saturated carbocycles. The summed E-state index contributed by atoms with van der Waals surface area (Å²) in [4.78, 5) is 27.2. The Balaban J connectivity index is 1.94. The first-order valence-corrected chi connectivity index (χ1v) is 9.18. The number of hydrogen-bond acceptors (Lipinski definition) is 6. The van der Waals surface area contributed by atoms with Crippen molar-refractivity contribution in [2.75, 3.05) is 38.5 Å². The highest BCUT2D eigenvalue weighted by molar-refractivity contribution is 7.92. The Morgan fingerprint density at radius 1 is 1.21 bits per heavy atom. The van der Waals surface area contributed by atoms with Gasteiger partial charge in [-0.3, -0.25) is 14.5 Å². The van der Waals surface area contributed by atoms with Crippen molar-refractivity contribution < 1.29 is 18.0 Å². The van der Waals surface area contributed by atoms with Crippen LogP contribution in [0.2, 0.25) is 0 Å². The Morgan fingerprint density at radius 2 is 1.88 bits per heavy atom. The first kappa shape index (κ1) is 16.8. The van der Waals surface area contributed by atoms with Gasteiger partial charge in [0.1, 0.15) is 5.37 Å². The van der Waals surface area contributed by atoms with E-state index in [2.05, 4.69) is 16.8 Å². The van der Waals surface area contributed by atoms with Crippen LogP contribution in [0.4, 0.5) is 5.69 Å². The van der Waals surface area contributed by atoms with Gasteiger partial charge in [0.05, 0.1) is 16.1 Å². The zero-order chi connectivity index (χ0) is 17.5. The van der Waals surface area contributed by atoms with E-state index in [-0.39, 0.29) is 10.5 Å². The number of carbonyl (C=O) groups excluding carboxylic acids is 2. The molecule has 1 N–H and O–H groups in total. The number of fused-ring (bicyclic) bond motifs is 1. The van der Waals surface area contributed by atoms with Gasteiger partial charge in [-0.15, -0.1) is 6.58 Å². The van der Waals surface area contributed by atoms with Crippen molar-refractivity contribution in [3.8, 4) is 0 Å². The van der Waals surface area contributed by atoms with Crippen LogP contribution in [0, 0.1) is 0 Å². The van der Waals surface area contributed by atoms with Crippen LogP contribution in [-0.2, 0) is 14.6 Å². The summed E-state index contributed by atoms with van der Waals surface area (Å²) in [6.45, 7) is 6.48. The highest BCUT2D eigenvalue weighted by atomic mass is 32.2. The van der Waals surface area contributed by atoms with Gasteiger partial charge in [0, 0.05) is 26.2 Å². The topological polar surface area (TPSA) is 86.8 Å². The number of rotatable bonds is 4. The number of piperazine rings is 1. The average Bonchev–Trinajstić information content (AvgIpc) is 2.84. The second kappa shape index (κ2) is 6.12. The molecule has 2 aliphatic rings. The molecule has 1 fully saturated rings. The molecule has 0 aromatic heterocycles. The Bertz CT molecular complexity index is 811. The fourth-order valence-corrected chi connectivity index (χ4v) is 4.66. The van der Waals surface area contributed by atoms with Crippen molar-refractivity contribution >= 4 is 27.2 Å². The third kappa shape index (κ3) is 2.77. The fraction of sp³-hybridized carbons (Fsp3) is 0.375. The summed E-state index contributed by atoms with van der Waals surface area (Å²) in [5, 5.41) is 1.56. The summed E-state index contributed by atoms with van der Waals surface area (Å²) in [5.74, 6) is -1.45. The molecule has 2 aliphatic heterocycles. The Hall–Kier alpha value is -2.03. The van der Waals surface area contributed by atoms with Gasteiger partial charge in [0.2, 0.25) is 0 Å².